The molecule has 2 aliphatic rings. The second kappa shape index (κ2) is 11.5. The fourth-order valence-electron chi connectivity index (χ4n) is 5.36. The maximum atomic E-state index is 13.0. The normalized spacial score (nSPS) is 19.6. The Bertz CT molecular complexity index is 1540. The van der Waals surface area contributed by atoms with E-state index in [0.29, 0.717) is 23.4 Å². The van der Waals surface area contributed by atoms with E-state index in [4.69, 9.17) is 4.55 Å². The van der Waals surface area contributed by atoms with Gasteiger partial charge in [-0.3, -0.25) is 29.4 Å². The number of nitrogens with zero attached hydrogens (tertiary/aromatic N) is 1. The number of imide groups is 1. The molecule has 3 aromatic carbocycles. The first-order valence-electron chi connectivity index (χ1n) is 13.0. The van der Waals surface area contributed by atoms with Gasteiger partial charge in [-0.05, 0) is 64.4 Å². The van der Waals surface area contributed by atoms with Crippen LogP contribution in [0.4, 0.5) is 11.4 Å². The number of amides is 4. The van der Waals surface area contributed by atoms with Crippen LogP contribution in [0.25, 0.3) is 11.1 Å². The third-order valence-corrected chi connectivity index (χ3v) is 7.80. The van der Waals surface area contributed by atoms with Crippen molar-refractivity contribution < 1.29 is 27.9 Å². The summed E-state index contributed by atoms with van der Waals surface area (Å²) in [5.74, 6) is -1.17. The van der Waals surface area contributed by atoms with Crippen LogP contribution in [0.5, 0.6) is 0 Å². The topological polar surface area (TPSA) is 133 Å². The number of fused-ring (bicyclic) bond motifs is 1. The van der Waals surface area contributed by atoms with Crippen LogP contribution in [0.2, 0.25) is 0 Å². The Morgan fingerprint density at radius 3 is 2.55 bits per heavy atom. The summed E-state index contributed by atoms with van der Waals surface area (Å²) in [6, 6.07) is 19.6. The molecule has 9 nitrogen and oxygen atoms in total. The summed E-state index contributed by atoms with van der Waals surface area (Å²) in [4.78, 5) is 51.5. The molecule has 0 aromatic heterocycles. The molecule has 1 fully saturated rings. The number of carbonyl (C=O) groups is 4. The molecule has 0 spiro atoms. The fourth-order valence-corrected chi connectivity index (χ4v) is 5.82. The molecule has 206 valence electrons. The van der Waals surface area contributed by atoms with E-state index in [1.165, 1.54) is 4.90 Å². The number of benzene rings is 3. The molecule has 3 unspecified atom stereocenters. The van der Waals surface area contributed by atoms with Crippen molar-refractivity contribution in [1.29, 1.82) is 0 Å². The van der Waals surface area contributed by atoms with Crippen LogP contribution in [-0.2, 0) is 42.4 Å². The monoisotopic (exact) mass is 559 g/mol. The van der Waals surface area contributed by atoms with Gasteiger partial charge in [0, 0.05) is 24.2 Å². The molecule has 1 saturated heterocycles. The number of nitrogens with one attached hydrogen (secondary N) is 2. The largest absolute Gasteiger partial charge is 0.326 e. The van der Waals surface area contributed by atoms with Crippen LogP contribution in [0.1, 0.15) is 48.8 Å². The van der Waals surface area contributed by atoms with Crippen LogP contribution >= 0.6 is 0 Å². The predicted molar refractivity (Wildman–Crippen MR) is 152 cm³/mol. The molecule has 0 saturated carbocycles. The minimum absolute atomic E-state index is 0.00933. The summed E-state index contributed by atoms with van der Waals surface area (Å²) < 4.78 is 20.2. The zero-order valence-electron chi connectivity index (χ0n) is 21.9. The molecular formula is C30H29N3O6S. The minimum atomic E-state index is -1.96. The predicted octanol–water partition coefficient (Wildman–Crippen LogP) is 3.90. The van der Waals surface area contributed by atoms with Gasteiger partial charge in [0.2, 0.25) is 23.6 Å². The fraction of sp³-hybridized carbons (Fsp3) is 0.267. The molecule has 5 rings (SSSR count). The smallest absolute Gasteiger partial charge is 0.249 e. The van der Waals surface area contributed by atoms with Crippen molar-refractivity contribution >= 4 is 46.1 Å². The summed E-state index contributed by atoms with van der Waals surface area (Å²) in [5.41, 5.74) is 5.50. The van der Waals surface area contributed by atoms with Gasteiger partial charge in [-0.25, -0.2) is 4.21 Å². The Balaban J connectivity index is 1.35. The van der Waals surface area contributed by atoms with E-state index >= 15 is 0 Å². The minimum Gasteiger partial charge on any atom is -0.326 e. The second-order valence-corrected chi connectivity index (χ2v) is 11.1. The third-order valence-electron chi connectivity index (χ3n) is 7.22. The second-order valence-electron chi connectivity index (χ2n) is 10.2. The molecule has 0 radical (unpaired) electrons. The van der Waals surface area contributed by atoms with E-state index in [2.05, 4.69) is 10.6 Å². The van der Waals surface area contributed by atoms with E-state index in [1.54, 1.807) is 24.3 Å². The quantitative estimate of drug-likeness (QED) is 0.297. The maximum absolute atomic E-state index is 13.0. The van der Waals surface area contributed by atoms with Gasteiger partial charge in [-0.2, -0.15) is 0 Å². The summed E-state index contributed by atoms with van der Waals surface area (Å²) in [7, 11) is 0. The highest BCUT2D eigenvalue weighted by Gasteiger charge is 2.39. The van der Waals surface area contributed by atoms with E-state index in [9.17, 15) is 23.4 Å². The molecule has 10 heteroatoms. The van der Waals surface area contributed by atoms with Crippen molar-refractivity contribution in [1.82, 2.24) is 5.32 Å². The first-order chi connectivity index (χ1) is 19.2. The van der Waals surface area contributed by atoms with Crippen molar-refractivity contribution in [3.63, 3.8) is 0 Å². The SMILES string of the molecule is CC1CC(=O)N(C2CCC(=O)NC2=O)c2ccc(-c3cccc(CC(=O)Nc4cccc(CS(=O)O)c4)c3)cc21. The van der Waals surface area contributed by atoms with Crippen molar-refractivity contribution in [2.45, 2.75) is 50.3 Å². The highest BCUT2D eigenvalue weighted by Crippen LogP contribution is 2.40. The maximum Gasteiger partial charge on any atom is 0.249 e. The average molecular weight is 560 g/mol. The van der Waals surface area contributed by atoms with Crippen molar-refractivity contribution in [3.8, 4) is 11.1 Å². The highest BCUT2D eigenvalue weighted by molar-refractivity contribution is 7.78. The van der Waals surface area contributed by atoms with E-state index in [-0.39, 0.29) is 48.7 Å². The molecular weight excluding hydrogens is 530 g/mol. The van der Waals surface area contributed by atoms with Gasteiger partial charge in [-0.15, -0.1) is 0 Å². The molecule has 2 heterocycles. The number of piperidine rings is 1. The standard InChI is InChI=1S/C30H29N3O6S/c1-18-12-29(36)33(26-10-11-27(34)32-30(26)37)25-9-8-22(16-24(18)25)21-6-2-4-19(13-21)15-28(35)31-23-7-3-5-20(14-23)17-40(38)39/h2-9,13-14,16,18,26H,10-12,15,17H2,1H3,(H,31,35)(H,38,39)(H,32,34,37). The number of anilines is 2. The lowest BCUT2D eigenvalue weighted by Crippen LogP contribution is -2.55. The summed E-state index contributed by atoms with van der Waals surface area (Å²) in [6.07, 6.45) is 0.896. The summed E-state index contributed by atoms with van der Waals surface area (Å²) in [6.45, 7) is 1.98. The van der Waals surface area contributed by atoms with Gasteiger partial charge in [0.1, 0.15) is 6.04 Å². The first-order valence-corrected chi connectivity index (χ1v) is 14.3. The van der Waals surface area contributed by atoms with Crippen LogP contribution in [-0.4, -0.2) is 38.4 Å². The Labute approximate surface area is 234 Å². The zero-order chi connectivity index (χ0) is 28.4. The summed E-state index contributed by atoms with van der Waals surface area (Å²) >= 11 is -1.96. The van der Waals surface area contributed by atoms with E-state index < -0.39 is 23.0 Å². The Hall–Kier alpha value is -4.15. The van der Waals surface area contributed by atoms with Gasteiger partial charge in [0.15, 0.2) is 11.1 Å². The van der Waals surface area contributed by atoms with Crippen LogP contribution in [0.3, 0.4) is 0 Å². The Kier molecular flexibility index (Phi) is 7.90. The number of carbonyl (C=O) groups excluding carboxylic acids is 4. The first kappa shape index (κ1) is 27.4. The number of hydrogen-bond donors (Lipinski definition) is 3. The molecule has 3 atom stereocenters. The van der Waals surface area contributed by atoms with Gasteiger partial charge >= 0.3 is 0 Å². The molecule has 40 heavy (non-hydrogen) atoms. The van der Waals surface area contributed by atoms with E-state index in [1.807, 2.05) is 49.4 Å². The molecule has 0 aliphatic carbocycles. The number of rotatable bonds is 7. The third kappa shape index (κ3) is 6.03. The summed E-state index contributed by atoms with van der Waals surface area (Å²) in [5, 5.41) is 5.19. The van der Waals surface area contributed by atoms with Crippen LogP contribution in [0, 0.1) is 0 Å². The molecule has 3 aromatic rings. The van der Waals surface area contributed by atoms with Gasteiger partial charge in [0.25, 0.3) is 0 Å². The van der Waals surface area contributed by atoms with Crippen LogP contribution < -0.4 is 15.5 Å². The zero-order valence-corrected chi connectivity index (χ0v) is 22.7. The van der Waals surface area contributed by atoms with E-state index in [0.717, 1.165) is 22.3 Å². The van der Waals surface area contributed by atoms with Crippen LogP contribution in [0.15, 0.2) is 66.7 Å². The molecule has 2 aliphatic heterocycles. The Morgan fingerprint density at radius 1 is 1.02 bits per heavy atom. The Morgan fingerprint density at radius 2 is 1.77 bits per heavy atom. The van der Waals surface area contributed by atoms with Crippen molar-refractivity contribution in [3.05, 3.63) is 83.4 Å². The van der Waals surface area contributed by atoms with Gasteiger partial charge < -0.3 is 9.87 Å². The van der Waals surface area contributed by atoms with Gasteiger partial charge in [0.05, 0.1) is 12.2 Å². The molecule has 0 bridgehead atoms. The van der Waals surface area contributed by atoms with Crippen molar-refractivity contribution in [2.24, 2.45) is 0 Å². The number of hydrogen-bond acceptors (Lipinski definition) is 5. The average Bonchev–Trinajstić information content (AvgIpc) is 2.89. The van der Waals surface area contributed by atoms with Gasteiger partial charge in [-0.1, -0.05) is 49.4 Å². The molecule has 3 N–H and O–H groups in total. The highest BCUT2D eigenvalue weighted by atomic mass is 32.2. The lowest BCUT2D eigenvalue weighted by Gasteiger charge is -2.38. The lowest BCUT2D eigenvalue weighted by molar-refractivity contribution is -0.136. The molecule has 4 amide bonds. The van der Waals surface area contributed by atoms with Crippen molar-refractivity contribution in [2.75, 3.05) is 10.2 Å². The lowest BCUT2D eigenvalue weighted by atomic mass is 9.86.